The summed E-state index contributed by atoms with van der Waals surface area (Å²) in [6.07, 6.45) is 3.84. The van der Waals surface area contributed by atoms with Crippen LogP contribution in [0.2, 0.25) is 0 Å². The number of hydrogen-bond acceptors (Lipinski definition) is 4. The van der Waals surface area contributed by atoms with Gasteiger partial charge in [0.05, 0.1) is 11.6 Å². The van der Waals surface area contributed by atoms with Gasteiger partial charge in [-0.2, -0.15) is 5.26 Å². The van der Waals surface area contributed by atoms with E-state index in [-0.39, 0.29) is 12.4 Å². The highest BCUT2D eigenvalue weighted by Crippen LogP contribution is 2.16. The van der Waals surface area contributed by atoms with Crippen molar-refractivity contribution in [3.05, 3.63) is 64.5 Å². The number of hydrogen-bond donors (Lipinski definition) is 0. The van der Waals surface area contributed by atoms with Gasteiger partial charge in [0.2, 0.25) is 5.78 Å². The predicted molar refractivity (Wildman–Crippen MR) is 99.7 cm³/mol. The first-order chi connectivity index (χ1) is 12.5. The predicted octanol–water partition coefficient (Wildman–Crippen LogP) is 3.83. The van der Waals surface area contributed by atoms with E-state index in [4.69, 9.17) is 10.00 Å². The molecule has 0 unspecified atom stereocenters. The Kier molecular flexibility index (Phi) is 6.51. The Labute approximate surface area is 153 Å². The van der Waals surface area contributed by atoms with Crippen molar-refractivity contribution in [2.45, 2.75) is 33.7 Å². The highest BCUT2D eigenvalue weighted by molar-refractivity contribution is 6.00. The number of nitriles is 1. The van der Waals surface area contributed by atoms with E-state index in [9.17, 15) is 9.59 Å². The van der Waals surface area contributed by atoms with Crippen molar-refractivity contribution in [1.82, 2.24) is 4.57 Å². The zero-order valence-electron chi connectivity index (χ0n) is 15.3. The molecule has 2 aromatic rings. The van der Waals surface area contributed by atoms with Crippen molar-refractivity contribution in [2.75, 3.05) is 6.61 Å². The van der Waals surface area contributed by atoms with Gasteiger partial charge in [-0.15, -0.1) is 0 Å². The van der Waals surface area contributed by atoms with Gasteiger partial charge in [0.1, 0.15) is 0 Å². The number of aryl methyl sites for hydroxylation is 1. The lowest BCUT2D eigenvalue weighted by atomic mass is 10.1. The van der Waals surface area contributed by atoms with Crippen LogP contribution >= 0.6 is 0 Å². The Morgan fingerprint density at radius 1 is 1.23 bits per heavy atom. The van der Waals surface area contributed by atoms with Gasteiger partial charge < -0.3 is 9.30 Å². The monoisotopic (exact) mass is 350 g/mol. The first-order valence-electron chi connectivity index (χ1n) is 8.51. The third-order valence-electron chi connectivity index (χ3n) is 4.12. The van der Waals surface area contributed by atoms with Crippen molar-refractivity contribution in [1.29, 1.82) is 5.26 Å². The quantitative estimate of drug-likeness (QED) is 0.432. The second-order valence-electron chi connectivity index (χ2n) is 6.03. The van der Waals surface area contributed by atoms with Crippen LogP contribution in [0.4, 0.5) is 0 Å². The summed E-state index contributed by atoms with van der Waals surface area (Å²) >= 11 is 0. The summed E-state index contributed by atoms with van der Waals surface area (Å²) in [6, 6.07) is 10.7. The topological polar surface area (TPSA) is 72.1 Å². The molecule has 0 aliphatic rings. The molecular formula is C21H22N2O3. The van der Waals surface area contributed by atoms with E-state index in [1.165, 1.54) is 6.08 Å². The highest BCUT2D eigenvalue weighted by atomic mass is 16.5. The zero-order chi connectivity index (χ0) is 19.1. The number of rotatable bonds is 7. The minimum absolute atomic E-state index is 0.208. The summed E-state index contributed by atoms with van der Waals surface area (Å²) in [5.41, 5.74) is 3.85. The van der Waals surface area contributed by atoms with Gasteiger partial charge >= 0.3 is 5.97 Å². The molecule has 0 N–H and O–H groups in total. The number of esters is 1. The van der Waals surface area contributed by atoms with Gasteiger partial charge in [0.25, 0.3) is 0 Å². The molecule has 0 amide bonds. The third-order valence-corrected chi connectivity index (χ3v) is 4.12. The molecule has 0 aliphatic heterocycles. The number of nitrogens with zero attached hydrogens (tertiary/aromatic N) is 2. The maximum atomic E-state index is 12.3. The Morgan fingerprint density at radius 2 is 1.92 bits per heavy atom. The lowest BCUT2D eigenvalue weighted by molar-refractivity contribution is -0.136. The summed E-state index contributed by atoms with van der Waals surface area (Å²) in [6.45, 7) is 6.53. The molecule has 5 nitrogen and oxygen atoms in total. The SMILES string of the molecule is CCCn1c(C)cc(C(=O)COC(=O)/C=C/c2ccc(C#N)cc2)c1C. The van der Waals surface area contributed by atoms with Gasteiger partial charge in [0, 0.05) is 29.6 Å². The van der Waals surface area contributed by atoms with Crippen LogP contribution in [-0.4, -0.2) is 22.9 Å². The molecule has 0 spiro atoms. The standard InChI is InChI=1S/C21H22N2O3/c1-4-11-23-15(2)12-19(16(23)3)20(24)14-26-21(25)10-9-17-5-7-18(13-22)8-6-17/h5-10,12H,4,11,14H2,1-3H3/b10-9+. The number of aromatic nitrogens is 1. The molecule has 26 heavy (non-hydrogen) atoms. The van der Waals surface area contributed by atoms with Crippen molar-refractivity contribution in [3.8, 4) is 6.07 Å². The number of benzene rings is 1. The lowest BCUT2D eigenvalue weighted by Crippen LogP contribution is -2.13. The molecule has 1 aromatic heterocycles. The molecular weight excluding hydrogens is 328 g/mol. The fraction of sp³-hybridized carbons (Fsp3) is 0.286. The summed E-state index contributed by atoms with van der Waals surface area (Å²) in [4.78, 5) is 24.2. The van der Waals surface area contributed by atoms with Crippen LogP contribution in [0.5, 0.6) is 0 Å². The zero-order valence-corrected chi connectivity index (χ0v) is 15.3. The molecule has 0 atom stereocenters. The Hall–Kier alpha value is -3.13. The highest BCUT2D eigenvalue weighted by Gasteiger charge is 2.16. The lowest BCUT2D eigenvalue weighted by Gasteiger charge is -2.07. The summed E-state index contributed by atoms with van der Waals surface area (Å²) < 4.78 is 7.15. The Balaban J connectivity index is 1.94. The van der Waals surface area contributed by atoms with E-state index < -0.39 is 5.97 Å². The minimum Gasteiger partial charge on any atom is -0.454 e. The van der Waals surface area contributed by atoms with Gasteiger partial charge in [-0.25, -0.2) is 4.79 Å². The first-order valence-corrected chi connectivity index (χ1v) is 8.51. The van der Waals surface area contributed by atoms with Gasteiger partial charge in [-0.3, -0.25) is 4.79 Å². The molecule has 134 valence electrons. The normalized spacial score (nSPS) is 10.7. The fourth-order valence-electron chi connectivity index (χ4n) is 2.75. The molecule has 0 fully saturated rings. The number of carbonyl (C=O) groups is 2. The van der Waals surface area contributed by atoms with Crippen molar-refractivity contribution in [2.24, 2.45) is 0 Å². The Morgan fingerprint density at radius 3 is 2.54 bits per heavy atom. The number of carbonyl (C=O) groups excluding carboxylic acids is 2. The smallest absolute Gasteiger partial charge is 0.331 e. The van der Waals surface area contributed by atoms with Crippen LogP contribution in [0.1, 0.15) is 46.2 Å². The third kappa shape index (κ3) is 4.70. The van der Waals surface area contributed by atoms with E-state index in [1.54, 1.807) is 30.3 Å². The maximum absolute atomic E-state index is 12.3. The van der Waals surface area contributed by atoms with Crippen LogP contribution in [0.3, 0.4) is 0 Å². The van der Waals surface area contributed by atoms with Crippen LogP contribution in [0.15, 0.2) is 36.4 Å². The second-order valence-corrected chi connectivity index (χ2v) is 6.03. The summed E-state index contributed by atoms with van der Waals surface area (Å²) in [5, 5.41) is 8.75. The molecule has 0 saturated heterocycles. The largest absolute Gasteiger partial charge is 0.454 e. The molecule has 0 aliphatic carbocycles. The molecule has 1 aromatic carbocycles. The van der Waals surface area contributed by atoms with E-state index in [0.29, 0.717) is 11.1 Å². The summed E-state index contributed by atoms with van der Waals surface area (Å²) in [5.74, 6) is -0.786. The number of ketones is 1. The van der Waals surface area contributed by atoms with Gasteiger partial charge in [-0.05, 0) is 50.1 Å². The second kappa shape index (κ2) is 8.82. The van der Waals surface area contributed by atoms with Gasteiger partial charge in [-0.1, -0.05) is 19.1 Å². The molecule has 0 saturated carbocycles. The van der Waals surface area contributed by atoms with Crippen molar-refractivity contribution in [3.63, 3.8) is 0 Å². The molecule has 1 heterocycles. The van der Waals surface area contributed by atoms with Crippen molar-refractivity contribution < 1.29 is 14.3 Å². The number of ether oxygens (including phenoxy) is 1. The van der Waals surface area contributed by atoms with Crippen molar-refractivity contribution >= 4 is 17.8 Å². The minimum atomic E-state index is -0.579. The maximum Gasteiger partial charge on any atom is 0.331 e. The van der Waals surface area contributed by atoms with E-state index in [1.807, 2.05) is 26.0 Å². The van der Waals surface area contributed by atoms with Crippen LogP contribution < -0.4 is 0 Å². The number of Topliss-reactive ketones (excluding diaryl/α,β-unsaturated/α-hetero) is 1. The summed E-state index contributed by atoms with van der Waals surface area (Å²) in [7, 11) is 0. The first kappa shape index (κ1) is 19.2. The van der Waals surface area contributed by atoms with Crippen LogP contribution in [0, 0.1) is 25.2 Å². The molecule has 5 heteroatoms. The average Bonchev–Trinajstić information content (AvgIpc) is 2.93. The average molecular weight is 350 g/mol. The Bertz CT molecular complexity index is 868. The van der Waals surface area contributed by atoms with E-state index >= 15 is 0 Å². The molecule has 2 rings (SSSR count). The van der Waals surface area contributed by atoms with Gasteiger partial charge in [0.15, 0.2) is 6.61 Å². The fourth-order valence-corrected chi connectivity index (χ4v) is 2.75. The van der Waals surface area contributed by atoms with E-state index in [2.05, 4.69) is 11.5 Å². The van der Waals surface area contributed by atoms with Crippen LogP contribution in [0.25, 0.3) is 6.08 Å². The molecule has 0 bridgehead atoms. The molecule has 0 radical (unpaired) electrons. The van der Waals surface area contributed by atoms with Crippen LogP contribution in [-0.2, 0) is 16.1 Å². The van der Waals surface area contributed by atoms with E-state index in [0.717, 1.165) is 29.9 Å².